The molecule has 256 valence electrons. The summed E-state index contributed by atoms with van der Waals surface area (Å²) in [6.45, 7) is 5.77. The van der Waals surface area contributed by atoms with Crippen LogP contribution in [0.5, 0.6) is 0 Å². The van der Waals surface area contributed by atoms with Gasteiger partial charge >= 0.3 is 0 Å². The molecule has 2 aliphatic rings. The van der Waals surface area contributed by atoms with Crippen LogP contribution in [0.3, 0.4) is 0 Å². The van der Waals surface area contributed by atoms with Crippen LogP contribution >= 0.6 is 0 Å². The van der Waals surface area contributed by atoms with Gasteiger partial charge in [0.2, 0.25) is 17.7 Å². The van der Waals surface area contributed by atoms with Crippen molar-refractivity contribution in [2.24, 2.45) is 18.7 Å². The van der Waals surface area contributed by atoms with Gasteiger partial charge < -0.3 is 21.3 Å². The second-order valence-corrected chi connectivity index (χ2v) is 13.1. The highest BCUT2D eigenvalue weighted by Crippen LogP contribution is 2.36. The highest BCUT2D eigenvalue weighted by Gasteiger charge is 2.34. The number of nitrogens with two attached hydrogens (primary N) is 1. The second kappa shape index (κ2) is 16.5. The van der Waals surface area contributed by atoms with Crippen molar-refractivity contribution in [1.82, 2.24) is 30.2 Å². The van der Waals surface area contributed by atoms with E-state index in [4.69, 9.17) is 5.73 Å². The van der Waals surface area contributed by atoms with Crippen molar-refractivity contribution in [3.05, 3.63) is 88.7 Å². The van der Waals surface area contributed by atoms with E-state index in [9.17, 15) is 19.2 Å². The van der Waals surface area contributed by atoms with Gasteiger partial charge in [-0.3, -0.25) is 28.8 Å². The number of aromatic nitrogens is 2. The van der Waals surface area contributed by atoms with E-state index in [1.54, 1.807) is 20.0 Å². The van der Waals surface area contributed by atoms with Crippen LogP contribution in [0.15, 0.2) is 60.7 Å². The molecule has 1 aliphatic heterocycles. The number of primary amides is 1. The summed E-state index contributed by atoms with van der Waals surface area (Å²) < 4.78 is 1.45. The number of aryl methyl sites for hydroxylation is 1. The molecule has 1 saturated heterocycles. The Morgan fingerprint density at radius 1 is 0.896 bits per heavy atom. The predicted octanol–water partition coefficient (Wildman–Crippen LogP) is 3.28. The SMILES string of the molecule is CCC(=O)N[C@H](Cc1ccc(CNC(=O)[C@H](c2cc(C(N)=O)n(C)n2)C2CCCCC2)cc1)C(=O)N1CCN(Cc2ccccc2)CC1. The van der Waals surface area contributed by atoms with Gasteiger partial charge in [0.15, 0.2) is 0 Å². The van der Waals surface area contributed by atoms with E-state index in [0.717, 1.165) is 62.9 Å². The second-order valence-electron chi connectivity index (χ2n) is 13.1. The molecule has 1 aliphatic carbocycles. The van der Waals surface area contributed by atoms with E-state index in [0.29, 0.717) is 38.2 Å². The first-order valence-corrected chi connectivity index (χ1v) is 17.3. The fraction of sp³-hybridized carbons (Fsp3) is 0.486. The summed E-state index contributed by atoms with van der Waals surface area (Å²) in [6.07, 6.45) is 5.85. The number of rotatable bonds is 13. The Kier molecular flexibility index (Phi) is 12.0. The molecular weight excluding hydrogens is 606 g/mol. The number of nitrogens with zero attached hydrogens (tertiary/aromatic N) is 4. The number of piperazine rings is 1. The fourth-order valence-corrected chi connectivity index (χ4v) is 6.94. The van der Waals surface area contributed by atoms with Gasteiger partial charge in [0, 0.05) is 59.2 Å². The molecule has 0 unspecified atom stereocenters. The fourth-order valence-electron chi connectivity index (χ4n) is 6.94. The third kappa shape index (κ3) is 9.09. The molecular formula is C37H49N7O4. The molecule has 3 aromatic rings. The molecule has 2 heterocycles. The molecule has 5 rings (SSSR count). The molecule has 0 spiro atoms. The Labute approximate surface area is 283 Å². The topological polar surface area (TPSA) is 143 Å². The minimum atomic E-state index is -0.649. The summed E-state index contributed by atoms with van der Waals surface area (Å²) in [6, 6.07) is 19.1. The maximum Gasteiger partial charge on any atom is 0.266 e. The van der Waals surface area contributed by atoms with Crippen LogP contribution in [0.1, 0.15) is 84.2 Å². The number of carbonyl (C=O) groups excluding carboxylic acids is 4. The zero-order chi connectivity index (χ0) is 34.0. The molecule has 1 saturated carbocycles. The molecule has 4 N–H and O–H groups in total. The summed E-state index contributed by atoms with van der Waals surface area (Å²) in [5, 5.41) is 10.6. The highest BCUT2D eigenvalue weighted by molar-refractivity contribution is 5.92. The van der Waals surface area contributed by atoms with Crippen LogP contribution < -0.4 is 16.4 Å². The molecule has 0 bridgehead atoms. The lowest BCUT2D eigenvalue weighted by atomic mass is 9.78. The monoisotopic (exact) mass is 655 g/mol. The lowest BCUT2D eigenvalue weighted by Crippen LogP contribution is -2.55. The standard InChI is InChI=1S/C37H49N7O4/c1-3-33(45)40-31(37(48)44-20-18-43(19-21-44)25-28-10-6-4-7-11-28)22-26-14-16-27(17-15-26)24-39-36(47)34(29-12-8-5-9-13-29)30-23-32(35(38)46)42(2)41-30/h4,6-7,10-11,14-17,23,29,31,34H,3,5,8-9,12-13,18-22,24-25H2,1-2H3,(H2,38,46)(H,39,47)(H,40,45)/t31-,34+/m1/s1. The minimum absolute atomic E-state index is 0.0599. The van der Waals surface area contributed by atoms with Gasteiger partial charge in [0.05, 0.1) is 11.6 Å². The zero-order valence-electron chi connectivity index (χ0n) is 28.2. The molecule has 2 atom stereocenters. The van der Waals surface area contributed by atoms with Gasteiger partial charge in [-0.1, -0.05) is 80.8 Å². The third-order valence-electron chi connectivity index (χ3n) is 9.69. The van der Waals surface area contributed by atoms with Crippen molar-refractivity contribution in [3.8, 4) is 0 Å². The van der Waals surface area contributed by atoms with Crippen LogP contribution in [0.25, 0.3) is 0 Å². The van der Waals surface area contributed by atoms with Crippen LogP contribution in [0, 0.1) is 5.92 Å². The Balaban J connectivity index is 1.19. The zero-order valence-corrected chi connectivity index (χ0v) is 28.2. The number of hydrogen-bond donors (Lipinski definition) is 3. The maximum atomic E-state index is 13.6. The van der Waals surface area contributed by atoms with Crippen molar-refractivity contribution in [2.45, 2.75) is 76.9 Å². The van der Waals surface area contributed by atoms with Crippen LogP contribution in [0.2, 0.25) is 0 Å². The summed E-state index contributed by atoms with van der Waals surface area (Å²) in [5.41, 5.74) is 9.49. The summed E-state index contributed by atoms with van der Waals surface area (Å²) in [4.78, 5) is 55.8. The molecule has 0 radical (unpaired) electrons. The smallest absolute Gasteiger partial charge is 0.266 e. The average molecular weight is 656 g/mol. The normalized spacial score (nSPS) is 17.0. The van der Waals surface area contributed by atoms with Crippen LogP contribution in [-0.2, 0) is 40.9 Å². The molecule has 1 aromatic heterocycles. The van der Waals surface area contributed by atoms with Gasteiger partial charge in [0.1, 0.15) is 11.7 Å². The highest BCUT2D eigenvalue weighted by atomic mass is 16.2. The van der Waals surface area contributed by atoms with Gasteiger partial charge in [0.25, 0.3) is 5.91 Å². The lowest BCUT2D eigenvalue weighted by molar-refractivity contribution is -0.138. The van der Waals surface area contributed by atoms with E-state index in [-0.39, 0.29) is 29.3 Å². The molecule has 11 nitrogen and oxygen atoms in total. The quantitative estimate of drug-likeness (QED) is 0.258. The number of nitrogens with one attached hydrogen (secondary N) is 2. The van der Waals surface area contributed by atoms with Gasteiger partial charge in [-0.05, 0) is 41.5 Å². The lowest BCUT2D eigenvalue weighted by Gasteiger charge is -2.36. The number of carbonyl (C=O) groups is 4. The van der Waals surface area contributed by atoms with E-state index in [2.05, 4.69) is 32.8 Å². The molecule has 2 aromatic carbocycles. The number of hydrogen-bond acceptors (Lipinski definition) is 6. The Bertz CT molecular complexity index is 1540. The van der Waals surface area contributed by atoms with E-state index < -0.39 is 17.9 Å². The number of benzene rings is 2. The van der Waals surface area contributed by atoms with Crippen molar-refractivity contribution in [3.63, 3.8) is 0 Å². The van der Waals surface area contributed by atoms with E-state index in [1.807, 2.05) is 47.4 Å². The first-order chi connectivity index (χ1) is 23.2. The first-order valence-electron chi connectivity index (χ1n) is 17.3. The van der Waals surface area contributed by atoms with Gasteiger partial charge in [-0.15, -0.1) is 0 Å². The average Bonchev–Trinajstić information content (AvgIpc) is 3.49. The molecule has 48 heavy (non-hydrogen) atoms. The van der Waals surface area contributed by atoms with Gasteiger partial charge in [-0.25, -0.2) is 0 Å². The Hall–Kier alpha value is -4.51. The van der Waals surface area contributed by atoms with E-state index >= 15 is 0 Å². The van der Waals surface area contributed by atoms with Crippen molar-refractivity contribution in [1.29, 1.82) is 0 Å². The van der Waals surface area contributed by atoms with Crippen LogP contribution in [0.4, 0.5) is 0 Å². The van der Waals surface area contributed by atoms with Crippen molar-refractivity contribution >= 4 is 23.6 Å². The van der Waals surface area contributed by atoms with Gasteiger partial charge in [-0.2, -0.15) is 5.10 Å². The summed E-state index contributed by atoms with van der Waals surface area (Å²) in [5.74, 6) is -1.21. The minimum Gasteiger partial charge on any atom is -0.364 e. The first kappa shape index (κ1) is 34.8. The third-order valence-corrected chi connectivity index (χ3v) is 9.69. The molecule has 2 fully saturated rings. The summed E-state index contributed by atoms with van der Waals surface area (Å²) >= 11 is 0. The maximum absolute atomic E-state index is 13.6. The van der Waals surface area contributed by atoms with Crippen LogP contribution in [-0.4, -0.2) is 75.4 Å². The Morgan fingerprint density at radius 2 is 1.56 bits per heavy atom. The molecule has 4 amide bonds. The summed E-state index contributed by atoms with van der Waals surface area (Å²) in [7, 11) is 1.67. The van der Waals surface area contributed by atoms with Crippen molar-refractivity contribution in [2.75, 3.05) is 26.2 Å². The van der Waals surface area contributed by atoms with Crippen molar-refractivity contribution < 1.29 is 19.2 Å². The molecule has 11 heteroatoms. The largest absolute Gasteiger partial charge is 0.364 e. The Morgan fingerprint density at radius 3 is 2.19 bits per heavy atom. The van der Waals surface area contributed by atoms with E-state index in [1.165, 1.54) is 10.2 Å². The number of amides is 4. The predicted molar refractivity (Wildman–Crippen MR) is 184 cm³/mol.